The van der Waals surface area contributed by atoms with E-state index in [1.807, 2.05) is 18.2 Å². The van der Waals surface area contributed by atoms with Gasteiger partial charge in [0, 0.05) is 27.5 Å². The van der Waals surface area contributed by atoms with E-state index in [4.69, 9.17) is 27.6 Å². The summed E-state index contributed by atoms with van der Waals surface area (Å²) in [5.41, 5.74) is 0.999. The third kappa shape index (κ3) is 5.57. The van der Waals surface area contributed by atoms with Crippen molar-refractivity contribution in [2.75, 3.05) is 11.9 Å². The molecule has 0 aliphatic carbocycles. The second-order valence-corrected chi connectivity index (χ2v) is 7.31. The second-order valence-electron chi connectivity index (χ2n) is 5.32. The minimum atomic E-state index is -0.154. The lowest BCUT2D eigenvalue weighted by Crippen LogP contribution is -2.27. The maximum atomic E-state index is 11.9. The van der Waals surface area contributed by atoms with Crippen LogP contribution >= 0.6 is 34.5 Å². The van der Waals surface area contributed by atoms with Crippen molar-refractivity contribution in [3.05, 3.63) is 69.0 Å². The molecule has 2 heterocycles. The first-order valence-corrected chi connectivity index (χ1v) is 9.08. The molecule has 130 valence electrons. The van der Waals surface area contributed by atoms with Crippen LogP contribution in [0.25, 0.3) is 0 Å². The number of carbonyl (C=O) groups excluding carboxylic acids is 1. The minimum absolute atomic E-state index is 0.154. The summed E-state index contributed by atoms with van der Waals surface area (Å²) < 4.78 is 5.19. The van der Waals surface area contributed by atoms with Gasteiger partial charge in [0.1, 0.15) is 5.76 Å². The van der Waals surface area contributed by atoms with E-state index in [0.717, 1.165) is 16.2 Å². The van der Waals surface area contributed by atoms with Crippen molar-refractivity contribution in [3.8, 4) is 0 Å². The number of hydrogen-bond acceptors (Lipinski definition) is 5. The number of anilines is 1. The molecule has 1 aromatic carbocycles. The van der Waals surface area contributed by atoms with Gasteiger partial charge < -0.3 is 15.1 Å². The first-order valence-electron chi connectivity index (χ1n) is 7.51. The van der Waals surface area contributed by atoms with Gasteiger partial charge in [-0.05, 0) is 35.9 Å². The molecule has 0 saturated carbocycles. The predicted octanol–water partition coefficient (Wildman–Crippen LogP) is 4.36. The Bertz CT molecular complexity index is 829. The molecule has 8 heteroatoms. The SMILES string of the molecule is O=C(CNCc1ccco1)Nc1ncc(Cc2cc(Cl)cc(Cl)c2)s1. The van der Waals surface area contributed by atoms with Crippen LogP contribution in [0.2, 0.25) is 10.0 Å². The fourth-order valence-corrected chi connectivity index (χ4v) is 3.67. The van der Waals surface area contributed by atoms with Crippen LogP contribution < -0.4 is 10.6 Å². The maximum absolute atomic E-state index is 11.9. The molecule has 1 amide bonds. The van der Waals surface area contributed by atoms with Crippen LogP contribution in [0, 0.1) is 0 Å². The molecule has 0 fully saturated rings. The first kappa shape index (κ1) is 17.9. The zero-order chi connectivity index (χ0) is 17.6. The first-order chi connectivity index (χ1) is 12.1. The zero-order valence-corrected chi connectivity index (χ0v) is 15.4. The Morgan fingerprint density at radius 3 is 2.76 bits per heavy atom. The third-order valence-corrected chi connectivity index (χ3v) is 4.61. The molecule has 0 spiro atoms. The highest BCUT2D eigenvalue weighted by Gasteiger charge is 2.08. The summed E-state index contributed by atoms with van der Waals surface area (Å²) in [5.74, 6) is 0.628. The summed E-state index contributed by atoms with van der Waals surface area (Å²) in [5, 5.41) is 7.55. The van der Waals surface area contributed by atoms with Crippen molar-refractivity contribution in [2.24, 2.45) is 0 Å². The van der Waals surface area contributed by atoms with Crippen LogP contribution in [0.5, 0.6) is 0 Å². The molecule has 0 radical (unpaired) electrons. The standard InChI is InChI=1S/C17H15Cl2N3O2S/c18-12-4-11(5-13(19)7-12)6-15-9-21-17(25-15)22-16(23)10-20-8-14-2-1-3-24-14/h1-5,7,9,20H,6,8,10H2,(H,21,22,23). The molecule has 3 aromatic rings. The van der Waals surface area contributed by atoms with E-state index in [9.17, 15) is 4.79 Å². The van der Waals surface area contributed by atoms with Gasteiger partial charge >= 0.3 is 0 Å². The van der Waals surface area contributed by atoms with E-state index < -0.39 is 0 Å². The van der Waals surface area contributed by atoms with Crippen LogP contribution in [0.15, 0.2) is 47.2 Å². The smallest absolute Gasteiger partial charge is 0.240 e. The normalized spacial score (nSPS) is 10.8. The number of nitrogens with one attached hydrogen (secondary N) is 2. The van der Waals surface area contributed by atoms with E-state index in [0.29, 0.717) is 28.1 Å². The molecule has 2 aromatic heterocycles. The topological polar surface area (TPSA) is 67.2 Å². The lowest BCUT2D eigenvalue weighted by molar-refractivity contribution is -0.115. The van der Waals surface area contributed by atoms with Gasteiger partial charge in [-0.3, -0.25) is 4.79 Å². The molecule has 0 saturated heterocycles. The quantitative estimate of drug-likeness (QED) is 0.623. The van der Waals surface area contributed by atoms with Crippen LogP contribution in [0.1, 0.15) is 16.2 Å². The fourth-order valence-electron chi connectivity index (χ4n) is 2.24. The molecule has 0 aliphatic heterocycles. The van der Waals surface area contributed by atoms with Gasteiger partial charge in [0.15, 0.2) is 5.13 Å². The van der Waals surface area contributed by atoms with E-state index in [1.54, 1.807) is 24.6 Å². The number of benzene rings is 1. The number of nitrogens with zero attached hydrogens (tertiary/aromatic N) is 1. The number of halogens is 2. The Morgan fingerprint density at radius 1 is 1.24 bits per heavy atom. The molecular formula is C17H15Cl2N3O2S. The molecule has 0 unspecified atom stereocenters. The molecule has 0 aliphatic rings. The Kier molecular flexibility index (Phi) is 6.09. The van der Waals surface area contributed by atoms with Gasteiger partial charge in [-0.15, -0.1) is 11.3 Å². The third-order valence-electron chi connectivity index (χ3n) is 3.27. The van der Waals surface area contributed by atoms with Crippen molar-refractivity contribution in [1.29, 1.82) is 0 Å². The lowest BCUT2D eigenvalue weighted by Gasteiger charge is -2.03. The molecule has 0 bridgehead atoms. The Morgan fingerprint density at radius 2 is 2.04 bits per heavy atom. The molecule has 25 heavy (non-hydrogen) atoms. The van der Waals surface area contributed by atoms with Crippen molar-refractivity contribution in [1.82, 2.24) is 10.3 Å². The highest BCUT2D eigenvalue weighted by Crippen LogP contribution is 2.25. The summed E-state index contributed by atoms with van der Waals surface area (Å²) in [6.45, 7) is 0.679. The highest BCUT2D eigenvalue weighted by atomic mass is 35.5. The highest BCUT2D eigenvalue weighted by molar-refractivity contribution is 7.15. The number of carbonyl (C=O) groups is 1. The monoisotopic (exact) mass is 395 g/mol. The van der Waals surface area contributed by atoms with Crippen LogP contribution in [0.3, 0.4) is 0 Å². The predicted molar refractivity (Wildman–Crippen MR) is 100 cm³/mol. The van der Waals surface area contributed by atoms with Crippen LogP contribution in [-0.4, -0.2) is 17.4 Å². The van der Waals surface area contributed by atoms with Crippen molar-refractivity contribution in [2.45, 2.75) is 13.0 Å². The van der Waals surface area contributed by atoms with Crippen molar-refractivity contribution >= 4 is 45.6 Å². The number of hydrogen-bond donors (Lipinski definition) is 2. The Hall–Kier alpha value is -1.86. The van der Waals surface area contributed by atoms with E-state index in [1.165, 1.54) is 11.3 Å². The summed E-state index contributed by atoms with van der Waals surface area (Å²) in [4.78, 5) is 17.2. The summed E-state index contributed by atoms with van der Waals surface area (Å²) in [6.07, 6.45) is 4.00. The van der Waals surface area contributed by atoms with Gasteiger partial charge in [0.2, 0.25) is 5.91 Å². The van der Waals surface area contributed by atoms with Gasteiger partial charge in [-0.2, -0.15) is 0 Å². The Labute approximate surface area is 159 Å². The van der Waals surface area contributed by atoms with Crippen molar-refractivity contribution in [3.63, 3.8) is 0 Å². The molecule has 5 nitrogen and oxygen atoms in total. The van der Waals surface area contributed by atoms with Gasteiger partial charge in [0.25, 0.3) is 0 Å². The van der Waals surface area contributed by atoms with Gasteiger partial charge in [0.05, 0.1) is 19.4 Å². The maximum Gasteiger partial charge on any atom is 0.240 e. The molecule has 0 atom stereocenters. The zero-order valence-electron chi connectivity index (χ0n) is 13.1. The average Bonchev–Trinajstić information content (AvgIpc) is 3.18. The second kappa shape index (κ2) is 8.49. The largest absolute Gasteiger partial charge is 0.468 e. The van der Waals surface area contributed by atoms with Crippen molar-refractivity contribution < 1.29 is 9.21 Å². The number of furan rings is 1. The Balaban J connectivity index is 1.50. The number of rotatable bonds is 7. The van der Waals surface area contributed by atoms with Gasteiger partial charge in [-0.1, -0.05) is 23.2 Å². The van der Waals surface area contributed by atoms with E-state index >= 15 is 0 Å². The number of amides is 1. The van der Waals surface area contributed by atoms with Crippen LogP contribution in [-0.2, 0) is 17.8 Å². The lowest BCUT2D eigenvalue weighted by atomic mass is 10.1. The van der Waals surface area contributed by atoms with Crippen LogP contribution in [0.4, 0.5) is 5.13 Å². The number of thiazole rings is 1. The molecule has 3 rings (SSSR count). The molecule has 2 N–H and O–H groups in total. The van der Waals surface area contributed by atoms with E-state index in [2.05, 4.69) is 15.6 Å². The summed E-state index contributed by atoms with van der Waals surface area (Å²) in [7, 11) is 0. The average molecular weight is 396 g/mol. The fraction of sp³-hybridized carbons (Fsp3) is 0.176. The minimum Gasteiger partial charge on any atom is -0.468 e. The summed E-state index contributed by atoms with van der Waals surface area (Å²) >= 11 is 13.4. The van der Waals surface area contributed by atoms with Gasteiger partial charge in [-0.25, -0.2) is 4.98 Å². The summed E-state index contributed by atoms with van der Waals surface area (Å²) in [6, 6.07) is 9.08. The van der Waals surface area contributed by atoms with E-state index in [-0.39, 0.29) is 12.5 Å². The molecular weight excluding hydrogens is 381 g/mol. The number of aromatic nitrogens is 1.